The lowest BCUT2D eigenvalue weighted by molar-refractivity contribution is -0.123. The Bertz CT molecular complexity index is 423. The van der Waals surface area contributed by atoms with Crippen molar-refractivity contribution >= 4 is 18.0 Å². The molecule has 2 rings (SSSR count). The Hall–Kier alpha value is -2.10. The Balaban J connectivity index is 0.000000200. The standard InChI is InChI=1S/C8H8.C7H10O4/c1-2-8-6-4-3-5-7-8;8-5-2-1-3-6(4-5)11-7(9)10/h2-7H,1H2;6H,1-4H2,(H,9,10). The van der Waals surface area contributed by atoms with Gasteiger partial charge >= 0.3 is 6.16 Å². The van der Waals surface area contributed by atoms with Crippen molar-refractivity contribution in [2.45, 2.75) is 31.8 Å². The van der Waals surface area contributed by atoms with E-state index in [4.69, 9.17) is 5.11 Å². The molecule has 0 aromatic heterocycles. The van der Waals surface area contributed by atoms with Gasteiger partial charge in [0.1, 0.15) is 11.9 Å². The van der Waals surface area contributed by atoms with Crippen molar-refractivity contribution in [3.63, 3.8) is 0 Å². The van der Waals surface area contributed by atoms with E-state index in [1.807, 2.05) is 36.4 Å². The maximum absolute atomic E-state index is 10.8. The van der Waals surface area contributed by atoms with Crippen molar-refractivity contribution in [1.29, 1.82) is 0 Å². The molecule has 1 fully saturated rings. The van der Waals surface area contributed by atoms with Crippen LogP contribution in [0.1, 0.15) is 31.2 Å². The molecular formula is C15H18O4. The second-order valence-electron chi connectivity index (χ2n) is 4.26. The molecule has 4 nitrogen and oxygen atoms in total. The molecule has 1 aliphatic carbocycles. The van der Waals surface area contributed by atoms with E-state index in [1.165, 1.54) is 5.56 Å². The highest BCUT2D eigenvalue weighted by molar-refractivity contribution is 5.79. The zero-order chi connectivity index (χ0) is 14.1. The normalized spacial score (nSPS) is 17.9. The largest absolute Gasteiger partial charge is 0.506 e. The van der Waals surface area contributed by atoms with Crippen LogP contribution in [0.4, 0.5) is 4.79 Å². The monoisotopic (exact) mass is 262 g/mol. The van der Waals surface area contributed by atoms with Gasteiger partial charge < -0.3 is 9.84 Å². The number of hydrogen-bond acceptors (Lipinski definition) is 3. The summed E-state index contributed by atoms with van der Waals surface area (Å²) in [5.74, 6) is 0.0995. The summed E-state index contributed by atoms with van der Waals surface area (Å²) >= 11 is 0. The third-order valence-electron chi connectivity index (χ3n) is 2.74. The van der Waals surface area contributed by atoms with E-state index in [1.54, 1.807) is 0 Å². The number of ether oxygens (including phenoxy) is 1. The molecule has 1 atom stereocenters. The minimum absolute atomic E-state index is 0.0995. The number of rotatable bonds is 2. The molecule has 19 heavy (non-hydrogen) atoms. The Morgan fingerprint density at radius 1 is 1.37 bits per heavy atom. The summed E-state index contributed by atoms with van der Waals surface area (Å²) in [6, 6.07) is 10.0. The lowest BCUT2D eigenvalue weighted by Gasteiger charge is -2.18. The van der Waals surface area contributed by atoms with E-state index in [9.17, 15) is 9.59 Å². The van der Waals surface area contributed by atoms with E-state index < -0.39 is 12.3 Å². The van der Waals surface area contributed by atoms with Crippen LogP contribution >= 0.6 is 0 Å². The van der Waals surface area contributed by atoms with Crippen molar-refractivity contribution in [3.8, 4) is 0 Å². The van der Waals surface area contributed by atoms with Gasteiger partial charge in [-0.3, -0.25) is 4.79 Å². The molecule has 0 saturated heterocycles. The highest BCUT2D eigenvalue weighted by Crippen LogP contribution is 2.17. The lowest BCUT2D eigenvalue weighted by atomic mass is 9.97. The van der Waals surface area contributed by atoms with Crippen molar-refractivity contribution in [1.82, 2.24) is 0 Å². The summed E-state index contributed by atoms with van der Waals surface area (Å²) in [5, 5.41) is 8.22. The third kappa shape index (κ3) is 6.41. The summed E-state index contributed by atoms with van der Waals surface area (Å²) in [6.45, 7) is 3.63. The third-order valence-corrected chi connectivity index (χ3v) is 2.74. The molecule has 0 heterocycles. The van der Waals surface area contributed by atoms with Crippen LogP contribution in [0, 0.1) is 0 Å². The van der Waals surface area contributed by atoms with Gasteiger partial charge in [-0.25, -0.2) is 4.79 Å². The topological polar surface area (TPSA) is 63.6 Å². The molecule has 0 bridgehead atoms. The number of carbonyl (C=O) groups is 2. The van der Waals surface area contributed by atoms with Crippen LogP contribution in [0.3, 0.4) is 0 Å². The highest BCUT2D eigenvalue weighted by atomic mass is 16.7. The van der Waals surface area contributed by atoms with Gasteiger partial charge in [0.05, 0.1) is 0 Å². The molecule has 0 spiro atoms. The smallest absolute Gasteiger partial charge is 0.450 e. The Labute approximate surface area is 112 Å². The first kappa shape index (κ1) is 15.0. The second-order valence-corrected chi connectivity index (χ2v) is 4.26. The number of carbonyl (C=O) groups excluding carboxylic acids is 1. The molecule has 1 aromatic carbocycles. The summed E-state index contributed by atoms with van der Waals surface area (Å²) < 4.78 is 4.46. The maximum atomic E-state index is 10.8. The van der Waals surface area contributed by atoms with Gasteiger partial charge in [0.15, 0.2) is 0 Å². The van der Waals surface area contributed by atoms with Crippen LogP contribution in [0.25, 0.3) is 6.08 Å². The molecular weight excluding hydrogens is 244 g/mol. The fourth-order valence-electron chi connectivity index (χ4n) is 1.82. The molecule has 0 aliphatic heterocycles. The molecule has 1 aliphatic rings. The summed E-state index contributed by atoms with van der Waals surface area (Å²) in [6.07, 6.45) is 2.40. The minimum Gasteiger partial charge on any atom is -0.450 e. The fourth-order valence-corrected chi connectivity index (χ4v) is 1.82. The van der Waals surface area contributed by atoms with Crippen molar-refractivity contribution in [2.75, 3.05) is 0 Å². The first-order valence-corrected chi connectivity index (χ1v) is 6.20. The first-order chi connectivity index (χ1) is 9.11. The fraction of sp³-hybridized carbons (Fsp3) is 0.333. The van der Waals surface area contributed by atoms with Crippen molar-refractivity contribution < 1.29 is 19.4 Å². The number of carboxylic acid groups (broad SMARTS) is 1. The average Bonchev–Trinajstić information content (AvgIpc) is 2.40. The van der Waals surface area contributed by atoms with Gasteiger partial charge in [-0.05, 0) is 18.4 Å². The Kier molecular flexibility index (Phi) is 6.36. The highest BCUT2D eigenvalue weighted by Gasteiger charge is 2.22. The van der Waals surface area contributed by atoms with E-state index >= 15 is 0 Å². The molecule has 1 saturated carbocycles. The molecule has 1 N–H and O–H groups in total. The van der Waals surface area contributed by atoms with Crippen molar-refractivity contribution in [3.05, 3.63) is 42.5 Å². The Morgan fingerprint density at radius 2 is 2.05 bits per heavy atom. The zero-order valence-electron chi connectivity index (χ0n) is 10.7. The first-order valence-electron chi connectivity index (χ1n) is 6.20. The number of hydrogen-bond donors (Lipinski definition) is 1. The Morgan fingerprint density at radius 3 is 2.53 bits per heavy atom. The van der Waals surface area contributed by atoms with Gasteiger partial charge in [-0.15, -0.1) is 0 Å². The molecule has 1 aromatic rings. The maximum Gasteiger partial charge on any atom is 0.506 e. The second kappa shape index (κ2) is 8.08. The number of benzene rings is 1. The molecule has 4 heteroatoms. The SMILES string of the molecule is C=Cc1ccccc1.O=C1CCCC(OC(=O)O)C1. The van der Waals surface area contributed by atoms with Gasteiger partial charge in [0.25, 0.3) is 0 Å². The van der Waals surface area contributed by atoms with Crippen LogP contribution in [0.2, 0.25) is 0 Å². The van der Waals surface area contributed by atoms with E-state index in [0.29, 0.717) is 12.8 Å². The van der Waals surface area contributed by atoms with Gasteiger partial charge in [0.2, 0.25) is 0 Å². The van der Waals surface area contributed by atoms with Crippen LogP contribution in [0.5, 0.6) is 0 Å². The minimum atomic E-state index is -1.29. The van der Waals surface area contributed by atoms with E-state index in [-0.39, 0.29) is 12.2 Å². The summed E-state index contributed by atoms with van der Waals surface area (Å²) in [7, 11) is 0. The predicted octanol–water partition coefficient (Wildman–Crippen LogP) is 3.52. The van der Waals surface area contributed by atoms with E-state index in [0.717, 1.165) is 6.42 Å². The van der Waals surface area contributed by atoms with Crippen LogP contribution in [-0.2, 0) is 9.53 Å². The molecule has 1 unspecified atom stereocenters. The molecule has 0 amide bonds. The summed E-state index contributed by atoms with van der Waals surface area (Å²) in [5.41, 5.74) is 1.17. The van der Waals surface area contributed by atoms with Gasteiger partial charge in [-0.2, -0.15) is 0 Å². The zero-order valence-corrected chi connectivity index (χ0v) is 10.7. The van der Waals surface area contributed by atoms with Crippen LogP contribution in [0.15, 0.2) is 36.9 Å². The van der Waals surface area contributed by atoms with Crippen LogP contribution in [-0.4, -0.2) is 23.1 Å². The van der Waals surface area contributed by atoms with Gasteiger partial charge in [-0.1, -0.05) is 43.0 Å². The number of Topliss-reactive ketones (excluding diaryl/α,β-unsaturated/α-hetero) is 1. The summed E-state index contributed by atoms with van der Waals surface area (Å²) in [4.78, 5) is 20.8. The van der Waals surface area contributed by atoms with Gasteiger partial charge in [0, 0.05) is 12.8 Å². The van der Waals surface area contributed by atoms with Crippen molar-refractivity contribution in [2.24, 2.45) is 0 Å². The number of ketones is 1. The quantitative estimate of drug-likeness (QED) is 0.828. The lowest BCUT2D eigenvalue weighted by Crippen LogP contribution is -2.24. The average molecular weight is 262 g/mol. The molecule has 102 valence electrons. The molecule has 0 radical (unpaired) electrons. The van der Waals surface area contributed by atoms with Crippen LogP contribution < -0.4 is 0 Å². The predicted molar refractivity (Wildman–Crippen MR) is 72.9 cm³/mol. The van der Waals surface area contributed by atoms with E-state index in [2.05, 4.69) is 11.3 Å².